The van der Waals surface area contributed by atoms with Crippen LogP contribution in [0.2, 0.25) is 0 Å². The maximum absolute atomic E-state index is 13.0. The van der Waals surface area contributed by atoms with Crippen LogP contribution in [0.1, 0.15) is 44.9 Å². The molecule has 0 aliphatic carbocycles. The summed E-state index contributed by atoms with van der Waals surface area (Å²) >= 11 is 0. The van der Waals surface area contributed by atoms with Gasteiger partial charge in [0.25, 0.3) is 11.8 Å². The zero-order valence-electron chi connectivity index (χ0n) is 15.9. The molecule has 1 aromatic heterocycles. The van der Waals surface area contributed by atoms with E-state index in [1.807, 2.05) is 0 Å². The maximum atomic E-state index is 13.0. The van der Waals surface area contributed by atoms with Gasteiger partial charge in [-0.15, -0.1) is 0 Å². The van der Waals surface area contributed by atoms with Crippen LogP contribution in [0, 0.1) is 0 Å². The molecular weight excluding hydrogens is 376 g/mol. The number of hydrogen-bond acceptors (Lipinski definition) is 6. The van der Waals surface area contributed by atoms with Crippen LogP contribution in [0.15, 0.2) is 18.2 Å². The van der Waals surface area contributed by atoms with Crippen LogP contribution < -0.4 is 14.8 Å². The van der Waals surface area contributed by atoms with E-state index in [-0.39, 0.29) is 24.7 Å². The van der Waals surface area contributed by atoms with Crippen LogP contribution in [0.25, 0.3) is 0 Å². The van der Waals surface area contributed by atoms with Gasteiger partial charge < -0.3 is 24.4 Å². The molecule has 9 nitrogen and oxygen atoms in total. The Balaban J connectivity index is 1.29. The maximum Gasteiger partial charge on any atom is 0.272 e. The minimum atomic E-state index is -0.240. The van der Waals surface area contributed by atoms with Gasteiger partial charge in [0, 0.05) is 42.9 Å². The van der Waals surface area contributed by atoms with E-state index < -0.39 is 0 Å². The highest BCUT2D eigenvalue weighted by molar-refractivity contribution is 5.96. The molecule has 9 heteroatoms. The molecule has 152 valence electrons. The van der Waals surface area contributed by atoms with Crippen LogP contribution in [0.5, 0.6) is 11.5 Å². The Hall–Kier alpha value is -3.07. The second kappa shape index (κ2) is 7.40. The Bertz CT molecular complexity index is 950. The molecule has 29 heavy (non-hydrogen) atoms. The fraction of sp³-hybridized carbons (Fsp3) is 0.450. The molecule has 0 bridgehead atoms. The number of benzene rings is 1. The Morgan fingerprint density at radius 2 is 2.17 bits per heavy atom. The Morgan fingerprint density at radius 1 is 1.28 bits per heavy atom. The zero-order chi connectivity index (χ0) is 19.8. The van der Waals surface area contributed by atoms with Crippen LogP contribution in [-0.4, -0.2) is 59.5 Å². The first-order chi connectivity index (χ1) is 14.2. The van der Waals surface area contributed by atoms with Crippen molar-refractivity contribution in [1.82, 2.24) is 20.4 Å². The molecule has 1 aromatic carbocycles. The molecule has 2 aromatic rings. The SMILES string of the molecule is O=C(NCC1CCCO1)c1n[nH]c2c1CN(C(=O)c1ccc3c(c1)OCO3)CC2. The highest BCUT2D eigenvalue weighted by atomic mass is 16.7. The quantitative estimate of drug-likeness (QED) is 0.803. The second-order valence-corrected chi connectivity index (χ2v) is 7.42. The molecule has 0 radical (unpaired) electrons. The van der Waals surface area contributed by atoms with Gasteiger partial charge in [-0.3, -0.25) is 14.7 Å². The smallest absolute Gasteiger partial charge is 0.272 e. The van der Waals surface area contributed by atoms with E-state index >= 15 is 0 Å². The van der Waals surface area contributed by atoms with Crippen LogP contribution in [0.3, 0.4) is 0 Å². The van der Waals surface area contributed by atoms with E-state index in [0.29, 0.717) is 48.8 Å². The van der Waals surface area contributed by atoms with E-state index in [4.69, 9.17) is 14.2 Å². The number of ether oxygens (including phenoxy) is 3. The van der Waals surface area contributed by atoms with Gasteiger partial charge in [0.2, 0.25) is 6.79 Å². The molecule has 0 spiro atoms. The lowest BCUT2D eigenvalue weighted by Crippen LogP contribution is -2.37. The lowest BCUT2D eigenvalue weighted by atomic mass is 10.0. The van der Waals surface area contributed by atoms with Crippen molar-refractivity contribution in [2.24, 2.45) is 0 Å². The lowest BCUT2D eigenvalue weighted by molar-refractivity contribution is 0.0729. The summed E-state index contributed by atoms with van der Waals surface area (Å²) in [6.45, 7) is 2.27. The number of aromatic nitrogens is 2. The molecule has 1 unspecified atom stereocenters. The molecule has 1 fully saturated rings. The number of rotatable bonds is 4. The summed E-state index contributed by atoms with van der Waals surface area (Å²) in [5.74, 6) is 0.866. The zero-order valence-corrected chi connectivity index (χ0v) is 15.9. The number of nitrogens with zero attached hydrogens (tertiary/aromatic N) is 2. The summed E-state index contributed by atoms with van der Waals surface area (Å²) in [7, 11) is 0. The van der Waals surface area contributed by atoms with Crippen molar-refractivity contribution >= 4 is 11.8 Å². The summed E-state index contributed by atoms with van der Waals surface area (Å²) < 4.78 is 16.2. The van der Waals surface area contributed by atoms with Gasteiger partial charge in [-0.25, -0.2) is 0 Å². The second-order valence-electron chi connectivity index (χ2n) is 7.42. The molecule has 3 aliphatic heterocycles. The number of amides is 2. The van der Waals surface area contributed by atoms with Gasteiger partial charge in [0.1, 0.15) is 0 Å². The van der Waals surface area contributed by atoms with Gasteiger partial charge in [-0.05, 0) is 31.0 Å². The molecule has 0 saturated carbocycles. The molecule has 5 rings (SSSR count). The molecule has 3 aliphatic rings. The number of carbonyl (C=O) groups is 2. The van der Waals surface area contributed by atoms with Crippen molar-refractivity contribution in [1.29, 1.82) is 0 Å². The third-order valence-corrected chi connectivity index (χ3v) is 5.57. The van der Waals surface area contributed by atoms with Crippen molar-refractivity contribution in [2.75, 3.05) is 26.5 Å². The van der Waals surface area contributed by atoms with Gasteiger partial charge >= 0.3 is 0 Å². The number of fused-ring (bicyclic) bond motifs is 2. The van der Waals surface area contributed by atoms with Crippen LogP contribution in [0.4, 0.5) is 0 Å². The highest BCUT2D eigenvalue weighted by Crippen LogP contribution is 2.33. The third kappa shape index (κ3) is 3.42. The van der Waals surface area contributed by atoms with Crippen molar-refractivity contribution in [3.63, 3.8) is 0 Å². The minimum Gasteiger partial charge on any atom is -0.454 e. The van der Waals surface area contributed by atoms with E-state index in [1.54, 1.807) is 23.1 Å². The standard InChI is InChI=1S/C20H22N4O5/c25-19(21-9-13-2-1-7-27-13)18-14-10-24(6-5-15(14)22-23-18)20(26)12-3-4-16-17(8-12)29-11-28-16/h3-4,8,13H,1-2,5-7,9-11H2,(H,21,25)(H,22,23). The summed E-state index contributed by atoms with van der Waals surface area (Å²) in [5, 5.41) is 10.1. The predicted octanol–water partition coefficient (Wildman–Crippen LogP) is 1.25. The van der Waals surface area contributed by atoms with Crippen molar-refractivity contribution in [2.45, 2.75) is 31.9 Å². The first-order valence-electron chi connectivity index (χ1n) is 9.84. The average molecular weight is 398 g/mol. The van der Waals surface area contributed by atoms with Gasteiger partial charge in [0.05, 0.1) is 12.6 Å². The number of aromatic amines is 1. The van der Waals surface area contributed by atoms with Crippen LogP contribution >= 0.6 is 0 Å². The number of carbonyl (C=O) groups excluding carboxylic acids is 2. The number of hydrogen-bond donors (Lipinski definition) is 2. The minimum absolute atomic E-state index is 0.0674. The molecule has 1 atom stereocenters. The molecule has 2 N–H and O–H groups in total. The normalized spacial score (nSPS) is 19.9. The van der Waals surface area contributed by atoms with Gasteiger partial charge in [-0.2, -0.15) is 5.10 Å². The third-order valence-electron chi connectivity index (χ3n) is 5.57. The lowest BCUT2D eigenvalue weighted by Gasteiger charge is -2.27. The fourth-order valence-electron chi connectivity index (χ4n) is 3.96. The first-order valence-corrected chi connectivity index (χ1v) is 9.84. The monoisotopic (exact) mass is 398 g/mol. The number of H-pyrrole nitrogens is 1. The van der Waals surface area contributed by atoms with Crippen molar-refractivity contribution < 1.29 is 23.8 Å². The molecule has 1 saturated heterocycles. The number of nitrogens with one attached hydrogen (secondary N) is 2. The Labute approximate surface area is 167 Å². The topological polar surface area (TPSA) is 106 Å². The largest absolute Gasteiger partial charge is 0.454 e. The summed E-state index contributed by atoms with van der Waals surface area (Å²) in [6, 6.07) is 5.17. The molecular formula is C20H22N4O5. The van der Waals surface area contributed by atoms with E-state index in [1.165, 1.54) is 0 Å². The van der Waals surface area contributed by atoms with Gasteiger partial charge in [-0.1, -0.05) is 0 Å². The fourth-order valence-corrected chi connectivity index (χ4v) is 3.96. The highest BCUT2D eigenvalue weighted by Gasteiger charge is 2.29. The average Bonchev–Trinajstić information content (AvgIpc) is 3.50. The summed E-state index contributed by atoms with van der Waals surface area (Å²) in [6.07, 6.45) is 2.67. The predicted molar refractivity (Wildman–Crippen MR) is 101 cm³/mol. The Morgan fingerprint density at radius 3 is 3.03 bits per heavy atom. The van der Waals surface area contributed by atoms with Crippen molar-refractivity contribution in [3.05, 3.63) is 40.7 Å². The van der Waals surface area contributed by atoms with E-state index in [0.717, 1.165) is 30.7 Å². The van der Waals surface area contributed by atoms with Crippen LogP contribution in [-0.2, 0) is 17.7 Å². The van der Waals surface area contributed by atoms with E-state index in [9.17, 15) is 9.59 Å². The molecule has 4 heterocycles. The summed E-state index contributed by atoms with van der Waals surface area (Å²) in [4.78, 5) is 27.3. The molecule has 2 amide bonds. The Kier molecular flexibility index (Phi) is 4.59. The summed E-state index contributed by atoms with van der Waals surface area (Å²) in [5.41, 5.74) is 2.56. The van der Waals surface area contributed by atoms with E-state index in [2.05, 4.69) is 15.5 Å². The van der Waals surface area contributed by atoms with Gasteiger partial charge in [0.15, 0.2) is 17.2 Å². The van der Waals surface area contributed by atoms with Crippen molar-refractivity contribution in [3.8, 4) is 11.5 Å². The first kappa shape index (κ1) is 18.0.